The average Bonchev–Trinajstić information content (AvgIpc) is 2.24. The van der Waals surface area contributed by atoms with Gasteiger partial charge in [0.15, 0.2) is 0 Å². The summed E-state index contributed by atoms with van der Waals surface area (Å²) in [5.74, 6) is -0.360. The summed E-state index contributed by atoms with van der Waals surface area (Å²) >= 11 is 0. The number of ether oxygens (including phenoxy) is 1. The first-order valence-electron chi connectivity index (χ1n) is 5.91. The van der Waals surface area contributed by atoms with Gasteiger partial charge in [-0.1, -0.05) is 26.7 Å². The molecule has 1 atom stereocenters. The predicted octanol–water partition coefficient (Wildman–Crippen LogP) is 1.88. The summed E-state index contributed by atoms with van der Waals surface area (Å²) in [7, 11) is 1.35. The largest absolute Gasteiger partial charge is 0.467 e. The van der Waals surface area contributed by atoms with Crippen molar-refractivity contribution in [1.29, 1.82) is 0 Å². The minimum atomic E-state index is -0.498. The number of hydrogen-bond acceptors (Lipinski definition) is 3. The molecule has 0 unspecified atom stereocenters. The van der Waals surface area contributed by atoms with Gasteiger partial charge in [-0.05, 0) is 18.8 Å². The molecule has 1 amide bonds. The highest BCUT2D eigenvalue weighted by atomic mass is 16.5. The molecule has 4 heteroatoms. The number of methoxy groups -OCH3 is 1. The molecular weight excluding hydrogens is 206 g/mol. The van der Waals surface area contributed by atoms with Crippen LogP contribution in [0.15, 0.2) is 0 Å². The van der Waals surface area contributed by atoms with E-state index < -0.39 is 6.04 Å². The Morgan fingerprint density at radius 1 is 1.19 bits per heavy atom. The number of esters is 1. The molecular formula is C12H23NO3. The quantitative estimate of drug-likeness (QED) is 0.678. The molecule has 0 aliphatic carbocycles. The van der Waals surface area contributed by atoms with Crippen LogP contribution in [0, 0.1) is 5.92 Å². The first-order chi connectivity index (χ1) is 7.56. The molecule has 0 aromatic rings. The highest BCUT2D eigenvalue weighted by molar-refractivity contribution is 5.83. The number of carbonyl (C=O) groups is 2. The molecule has 0 aliphatic rings. The van der Waals surface area contributed by atoms with Gasteiger partial charge in [-0.2, -0.15) is 0 Å². The molecule has 0 heterocycles. The van der Waals surface area contributed by atoms with Crippen molar-refractivity contribution in [3.63, 3.8) is 0 Å². The average molecular weight is 229 g/mol. The van der Waals surface area contributed by atoms with Gasteiger partial charge in [0.1, 0.15) is 6.04 Å². The van der Waals surface area contributed by atoms with Crippen LogP contribution in [0.4, 0.5) is 0 Å². The molecule has 0 aliphatic heterocycles. The molecule has 1 N–H and O–H groups in total. The van der Waals surface area contributed by atoms with Crippen molar-refractivity contribution >= 4 is 11.9 Å². The zero-order chi connectivity index (χ0) is 12.6. The van der Waals surface area contributed by atoms with E-state index in [-0.39, 0.29) is 17.8 Å². The Kier molecular flexibility index (Phi) is 7.60. The van der Waals surface area contributed by atoms with E-state index in [1.807, 2.05) is 0 Å². The summed E-state index contributed by atoms with van der Waals surface area (Å²) in [4.78, 5) is 22.7. The van der Waals surface area contributed by atoms with Crippen molar-refractivity contribution in [1.82, 2.24) is 5.32 Å². The fourth-order valence-corrected chi connectivity index (χ4v) is 1.93. The molecule has 0 saturated carbocycles. The third-order valence-electron chi connectivity index (χ3n) is 2.60. The van der Waals surface area contributed by atoms with Gasteiger partial charge < -0.3 is 10.1 Å². The highest BCUT2D eigenvalue weighted by Gasteiger charge is 2.28. The monoisotopic (exact) mass is 229 g/mol. The number of amides is 1. The normalized spacial score (nSPS) is 12.3. The third kappa shape index (κ3) is 5.14. The molecule has 0 aromatic heterocycles. The summed E-state index contributed by atoms with van der Waals surface area (Å²) in [6.07, 6.45) is 3.84. The van der Waals surface area contributed by atoms with Gasteiger partial charge in [-0.3, -0.25) is 4.79 Å². The van der Waals surface area contributed by atoms with Gasteiger partial charge in [0.05, 0.1) is 7.11 Å². The second kappa shape index (κ2) is 8.13. The Morgan fingerprint density at radius 3 is 2.00 bits per heavy atom. The summed E-state index contributed by atoms with van der Waals surface area (Å²) in [6, 6.07) is -0.498. The third-order valence-corrected chi connectivity index (χ3v) is 2.60. The van der Waals surface area contributed by atoms with E-state index in [9.17, 15) is 9.59 Å². The van der Waals surface area contributed by atoms with Gasteiger partial charge in [-0.25, -0.2) is 4.79 Å². The standard InChI is InChI=1S/C12H23NO3/c1-5-7-10(8-6-2)11(12(15)16-4)13-9(3)14/h10-11H,5-8H2,1-4H3,(H,13,14)/t11-/m0/s1. The molecule has 0 saturated heterocycles. The number of carbonyl (C=O) groups excluding carboxylic acids is 2. The van der Waals surface area contributed by atoms with E-state index in [2.05, 4.69) is 19.2 Å². The first kappa shape index (κ1) is 14.9. The Balaban J connectivity index is 4.64. The van der Waals surface area contributed by atoms with E-state index in [1.165, 1.54) is 14.0 Å². The van der Waals surface area contributed by atoms with Crippen LogP contribution in [0.2, 0.25) is 0 Å². The van der Waals surface area contributed by atoms with Crippen LogP contribution in [0.5, 0.6) is 0 Å². The molecule has 0 spiro atoms. The highest BCUT2D eigenvalue weighted by Crippen LogP contribution is 2.19. The smallest absolute Gasteiger partial charge is 0.328 e. The molecule has 4 nitrogen and oxygen atoms in total. The molecule has 94 valence electrons. The van der Waals surface area contributed by atoms with E-state index in [4.69, 9.17) is 4.74 Å². The van der Waals surface area contributed by atoms with Crippen LogP contribution in [0.3, 0.4) is 0 Å². The van der Waals surface area contributed by atoms with E-state index in [1.54, 1.807) is 0 Å². The van der Waals surface area contributed by atoms with Gasteiger partial charge in [0, 0.05) is 6.92 Å². The van der Waals surface area contributed by atoms with Crippen molar-refractivity contribution in [3.8, 4) is 0 Å². The van der Waals surface area contributed by atoms with Crippen LogP contribution < -0.4 is 5.32 Å². The zero-order valence-corrected chi connectivity index (χ0v) is 10.7. The van der Waals surface area contributed by atoms with Gasteiger partial charge in [0.2, 0.25) is 5.91 Å². The Hall–Kier alpha value is -1.06. The maximum absolute atomic E-state index is 11.6. The SMILES string of the molecule is CCCC(CCC)[C@H](NC(C)=O)C(=O)OC. The Bertz CT molecular complexity index is 222. The van der Waals surface area contributed by atoms with Crippen LogP contribution in [0.25, 0.3) is 0 Å². The van der Waals surface area contributed by atoms with Gasteiger partial charge >= 0.3 is 5.97 Å². The van der Waals surface area contributed by atoms with Crippen molar-refractivity contribution in [2.45, 2.75) is 52.5 Å². The van der Waals surface area contributed by atoms with Gasteiger partial charge in [-0.15, -0.1) is 0 Å². The minimum absolute atomic E-state index is 0.173. The lowest BCUT2D eigenvalue weighted by Gasteiger charge is -2.25. The maximum Gasteiger partial charge on any atom is 0.328 e. The predicted molar refractivity (Wildman–Crippen MR) is 62.9 cm³/mol. The van der Waals surface area contributed by atoms with Crippen molar-refractivity contribution in [2.24, 2.45) is 5.92 Å². The molecule has 0 radical (unpaired) electrons. The van der Waals surface area contributed by atoms with Crippen molar-refractivity contribution in [3.05, 3.63) is 0 Å². The number of hydrogen-bond donors (Lipinski definition) is 1. The summed E-state index contributed by atoms with van der Waals surface area (Å²) in [5, 5.41) is 2.69. The van der Waals surface area contributed by atoms with E-state index in [0.717, 1.165) is 25.7 Å². The van der Waals surface area contributed by atoms with Gasteiger partial charge in [0.25, 0.3) is 0 Å². The summed E-state index contributed by atoms with van der Waals surface area (Å²) in [5.41, 5.74) is 0. The fraction of sp³-hybridized carbons (Fsp3) is 0.833. The molecule has 0 bridgehead atoms. The van der Waals surface area contributed by atoms with Crippen molar-refractivity contribution < 1.29 is 14.3 Å². The molecule has 0 aromatic carbocycles. The van der Waals surface area contributed by atoms with E-state index in [0.29, 0.717) is 0 Å². The Labute approximate surface area is 97.7 Å². The zero-order valence-electron chi connectivity index (χ0n) is 10.7. The molecule has 16 heavy (non-hydrogen) atoms. The minimum Gasteiger partial charge on any atom is -0.467 e. The Morgan fingerprint density at radius 2 is 1.69 bits per heavy atom. The number of nitrogens with one attached hydrogen (secondary N) is 1. The molecule has 0 rings (SSSR count). The summed E-state index contributed by atoms with van der Waals surface area (Å²) < 4.78 is 4.73. The maximum atomic E-state index is 11.6. The summed E-state index contributed by atoms with van der Waals surface area (Å²) in [6.45, 7) is 5.57. The van der Waals surface area contributed by atoms with E-state index >= 15 is 0 Å². The van der Waals surface area contributed by atoms with Crippen LogP contribution in [-0.4, -0.2) is 25.0 Å². The lowest BCUT2D eigenvalue weighted by atomic mass is 9.90. The second-order valence-corrected chi connectivity index (χ2v) is 4.04. The van der Waals surface area contributed by atoms with Crippen LogP contribution >= 0.6 is 0 Å². The second-order valence-electron chi connectivity index (χ2n) is 4.04. The number of rotatable bonds is 7. The topological polar surface area (TPSA) is 55.4 Å². The van der Waals surface area contributed by atoms with Crippen molar-refractivity contribution in [2.75, 3.05) is 7.11 Å². The van der Waals surface area contributed by atoms with Crippen LogP contribution in [-0.2, 0) is 14.3 Å². The molecule has 0 fully saturated rings. The van der Waals surface area contributed by atoms with Crippen LogP contribution in [0.1, 0.15) is 46.5 Å². The lowest BCUT2D eigenvalue weighted by molar-refractivity contribution is -0.146. The lowest BCUT2D eigenvalue weighted by Crippen LogP contribution is -2.45. The fourth-order valence-electron chi connectivity index (χ4n) is 1.93. The first-order valence-corrected chi connectivity index (χ1v) is 5.91.